The number of nitrogens with zero attached hydrogens (tertiary/aromatic N) is 5. The van der Waals surface area contributed by atoms with E-state index in [2.05, 4.69) is 42.8 Å². The highest BCUT2D eigenvalue weighted by Crippen LogP contribution is 2.24. The van der Waals surface area contributed by atoms with E-state index in [4.69, 9.17) is 0 Å². The van der Waals surface area contributed by atoms with Gasteiger partial charge in [0.2, 0.25) is 0 Å². The van der Waals surface area contributed by atoms with Crippen molar-refractivity contribution in [1.29, 1.82) is 0 Å². The van der Waals surface area contributed by atoms with Crippen molar-refractivity contribution in [3.05, 3.63) is 24.0 Å². The third-order valence-corrected chi connectivity index (χ3v) is 8.41. The number of hydrogen-bond acceptors (Lipinski definition) is 10. The highest BCUT2D eigenvalue weighted by Gasteiger charge is 2.22. The summed E-state index contributed by atoms with van der Waals surface area (Å²) in [7, 11) is 1.68. The summed E-state index contributed by atoms with van der Waals surface area (Å²) in [6.45, 7) is 10.7. The molecule has 0 spiro atoms. The molecule has 3 N–H and O–H groups in total. The second-order valence-corrected chi connectivity index (χ2v) is 11.2. The molecule has 1 unspecified atom stereocenters. The molecular formula is C25H44N8O2S2. The van der Waals surface area contributed by atoms with Crippen molar-refractivity contribution < 1.29 is 9.59 Å². The summed E-state index contributed by atoms with van der Waals surface area (Å²) in [4.78, 5) is 27.1. The highest BCUT2D eigenvalue weighted by molar-refractivity contribution is 8.68. The maximum absolute atomic E-state index is 11.6. The zero-order chi connectivity index (χ0) is 26.1. The van der Waals surface area contributed by atoms with Crippen LogP contribution in [0.4, 0.5) is 0 Å². The molecule has 0 bridgehead atoms. The van der Waals surface area contributed by atoms with Gasteiger partial charge in [0.1, 0.15) is 0 Å². The molecule has 2 amide bonds. The molecule has 10 nitrogen and oxygen atoms in total. The van der Waals surface area contributed by atoms with Crippen LogP contribution in [0, 0.1) is 0 Å². The van der Waals surface area contributed by atoms with Gasteiger partial charge in [0.05, 0.1) is 5.69 Å². The van der Waals surface area contributed by atoms with Gasteiger partial charge in [0, 0.05) is 62.9 Å². The Morgan fingerprint density at radius 2 is 1.59 bits per heavy atom. The summed E-state index contributed by atoms with van der Waals surface area (Å²) in [5, 5.41) is 19.6. The maximum atomic E-state index is 11.6. The van der Waals surface area contributed by atoms with Crippen LogP contribution in [0.25, 0.3) is 0 Å². The van der Waals surface area contributed by atoms with Gasteiger partial charge in [-0.05, 0) is 77.7 Å². The van der Waals surface area contributed by atoms with E-state index in [1.807, 2.05) is 6.20 Å². The van der Waals surface area contributed by atoms with E-state index in [0.29, 0.717) is 24.8 Å². The molecule has 1 saturated heterocycles. The monoisotopic (exact) mass is 552 g/mol. The minimum atomic E-state index is -0.235. The predicted molar refractivity (Wildman–Crippen MR) is 153 cm³/mol. The Morgan fingerprint density at radius 1 is 0.865 bits per heavy atom. The van der Waals surface area contributed by atoms with Crippen LogP contribution in [0.15, 0.2) is 18.3 Å². The number of nitrogens with one attached hydrogen (secondary N) is 3. The first-order valence-electron chi connectivity index (χ1n) is 13.7. The molecule has 0 aromatic carbocycles. The number of hydrogen-bond donors (Lipinski definition) is 4. The number of aryl methyl sites for hydroxylation is 2. The molecule has 1 atom stereocenters. The molecule has 0 radical (unpaired) electrons. The molecule has 37 heavy (non-hydrogen) atoms. The summed E-state index contributed by atoms with van der Waals surface area (Å²) in [5.41, 5.74) is 0.987. The number of amides is 2. The predicted octanol–water partition coefficient (Wildman–Crippen LogP) is 1.12. The standard InChI is InChI=1S/C25H44N8O2S2/c34-24-7-8-25(35)33(24)18-4-17-32-21-22(29-30-32)5-1-6-23(37-36)9-19-31-16-3-12-27-14-13-26-10-2-11-28-15-20-31/h7-8,21,23,26-28,36H,1-6,9-20H2. The first-order valence-corrected chi connectivity index (χ1v) is 15.7. The van der Waals surface area contributed by atoms with Crippen LogP contribution in [0.3, 0.4) is 0 Å². The molecule has 0 saturated carbocycles. The van der Waals surface area contributed by atoms with Crippen molar-refractivity contribution in [1.82, 2.24) is 40.7 Å². The Hall–Kier alpha value is -1.44. The molecule has 208 valence electrons. The van der Waals surface area contributed by atoms with E-state index in [1.54, 1.807) is 15.5 Å². The second kappa shape index (κ2) is 18.0. The van der Waals surface area contributed by atoms with Gasteiger partial charge in [0.15, 0.2) is 0 Å². The third-order valence-electron chi connectivity index (χ3n) is 6.75. The normalized spacial score (nSPS) is 19.9. The highest BCUT2D eigenvalue weighted by atomic mass is 33.1. The van der Waals surface area contributed by atoms with Crippen LogP contribution in [-0.2, 0) is 22.6 Å². The van der Waals surface area contributed by atoms with Crippen LogP contribution in [-0.4, -0.2) is 107 Å². The number of aromatic nitrogens is 3. The number of rotatable bonds is 12. The number of imide groups is 1. The Labute approximate surface area is 230 Å². The number of carbonyl (C=O) groups is 2. The summed E-state index contributed by atoms with van der Waals surface area (Å²) in [6.07, 6.45) is 11.8. The minimum absolute atomic E-state index is 0.235. The fourth-order valence-corrected chi connectivity index (χ4v) is 5.70. The van der Waals surface area contributed by atoms with Crippen LogP contribution >= 0.6 is 22.5 Å². The largest absolute Gasteiger partial charge is 0.315 e. The molecule has 2 aliphatic heterocycles. The molecule has 1 aromatic heterocycles. The zero-order valence-electron chi connectivity index (χ0n) is 21.9. The second-order valence-electron chi connectivity index (χ2n) is 9.70. The zero-order valence-corrected chi connectivity index (χ0v) is 23.7. The summed E-state index contributed by atoms with van der Waals surface area (Å²) in [5.74, 6) is -0.470. The van der Waals surface area contributed by atoms with Crippen molar-refractivity contribution in [2.75, 3.05) is 65.4 Å². The van der Waals surface area contributed by atoms with Crippen molar-refractivity contribution >= 4 is 34.3 Å². The lowest BCUT2D eigenvalue weighted by Gasteiger charge is -2.25. The first-order chi connectivity index (χ1) is 18.2. The fraction of sp³-hybridized carbons (Fsp3) is 0.760. The molecule has 3 rings (SSSR count). The Bertz CT molecular complexity index is 805. The molecule has 1 fully saturated rings. The van der Waals surface area contributed by atoms with Gasteiger partial charge in [-0.3, -0.25) is 19.2 Å². The van der Waals surface area contributed by atoms with Crippen LogP contribution in [0.2, 0.25) is 0 Å². The van der Waals surface area contributed by atoms with E-state index in [9.17, 15) is 9.59 Å². The van der Waals surface area contributed by atoms with Gasteiger partial charge in [-0.1, -0.05) is 16.0 Å². The lowest BCUT2D eigenvalue weighted by Crippen LogP contribution is -2.37. The van der Waals surface area contributed by atoms with Gasteiger partial charge in [-0.2, -0.15) is 0 Å². The quantitative estimate of drug-likeness (QED) is 0.172. The average molecular weight is 553 g/mol. The molecule has 12 heteroatoms. The van der Waals surface area contributed by atoms with Crippen LogP contribution in [0.5, 0.6) is 0 Å². The maximum Gasteiger partial charge on any atom is 0.253 e. The third kappa shape index (κ3) is 11.9. The Morgan fingerprint density at radius 3 is 2.35 bits per heavy atom. The molecular weight excluding hydrogens is 508 g/mol. The molecule has 1 aromatic rings. The average Bonchev–Trinajstić information content (AvgIpc) is 3.49. The van der Waals surface area contributed by atoms with E-state index in [0.717, 1.165) is 90.3 Å². The summed E-state index contributed by atoms with van der Waals surface area (Å²) < 4.78 is 1.80. The van der Waals surface area contributed by atoms with Crippen molar-refractivity contribution in [2.45, 2.75) is 56.7 Å². The van der Waals surface area contributed by atoms with Crippen LogP contribution in [0.1, 0.15) is 44.2 Å². The van der Waals surface area contributed by atoms with Gasteiger partial charge in [0.25, 0.3) is 11.8 Å². The Kier molecular flexibility index (Phi) is 14.6. The van der Waals surface area contributed by atoms with Gasteiger partial charge >= 0.3 is 0 Å². The lowest BCUT2D eigenvalue weighted by molar-refractivity contribution is -0.136. The molecule has 3 heterocycles. The lowest BCUT2D eigenvalue weighted by atomic mass is 10.1. The van der Waals surface area contributed by atoms with Crippen molar-refractivity contribution in [2.24, 2.45) is 0 Å². The van der Waals surface area contributed by atoms with Gasteiger partial charge < -0.3 is 20.9 Å². The van der Waals surface area contributed by atoms with E-state index in [1.165, 1.54) is 29.9 Å². The van der Waals surface area contributed by atoms with Gasteiger partial charge in [-0.25, -0.2) is 0 Å². The number of carbonyl (C=O) groups excluding carboxylic acids is 2. The number of thiol groups is 1. The Balaban J connectivity index is 1.31. The fourth-order valence-electron chi connectivity index (χ4n) is 4.58. The van der Waals surface area contributed by atoms with E-state index < -0.39 is 0 Å². The van der Waals surface area contributed by atoms with Crippen molar-refractivity contribution in [3.8, 4) is 0 Å². The van der Waals surface area contributed by atoms with Crippen molar-refractivity contribution in [3.63, 3.8) is 0 Å². The summed E-state index contributed by atoms with van der Waals surface area (Å²) in [6, 6.07) is 0. The minimum Gasteiger partial charge on any atom is -0.315 e. The first kappa shape index (κ1) is 30.1. The van der Waals surface area contributed by atoms with Gasteiger partial charge in [-0.15, -0.1) is 16.8 Å². The molecule has 2 aliphatic rings. The smallest absolute Gasteiger partial charge is 0.253 e. The summed E-state index contributed by atoms with van der Waals surface area (Å²) >= 11 is 4.57. The SMILES string of the molecule is O=C1C=CC(=O)N1CCCn1cc(CCCC(CCN2CCCNCCNCCCNCC2)SS)nn1. The van der Waals surface area contributed by atoms with Crippen LogP contribution < -0.4 is 16.0 Å². The van der Waals surface area contributed by atoms with E-state index in [-0.39, 0.29) is 11.8 Å². The van der Waals surface area contributed by atoms with E-state index >= 15 is 0 Å². The topological polar surface area (TPSA) is 107 Å². The molecule has 0 aliphatic carbocycles.